The molecule has 0 bridgehead atoms. The van der Waals surface area contributed by atoms with Crippen LogP contribution in [-0.4, -0.2) is 24.2 Å². The van der Waals surface area contributed by atoms with Crippen LogP contribution in [0.3, 0.4) is 0 Å². The fraction of sp³-hybridized carbons (Fsp3) is 0.500. The number of anilines is 1. The molecular formula is C14H16F3NO2. The summed E-state index contributed by atoms with van der Waals surface area (Å²) in [5.41, 5.74) is -0.919. The number of hydrogen-bond donors (Lipinski definition) is 1. The van der Waals surface area contributed by atoms with Crippen molar-refractivity contribution in [3.05, 3.63) is 29.3 Å². The summed E-state index contributed by atoms with van der Waals surface area (Å²) in [7, 11) is 0. The van der Waals surface area contributed by atoms with Crippen LogP contribution in [0.4, 0.5) is 18.9 Å². The molecule has 0 unspecified atom stereocenters. The summed E-state index contributed by atoms with van der Waals surface area (Å²) in [4.78, 5) is 12.7. The SMILES string of the molecule is CC(C)C1CN(c2cc(C(=O)O)cc(C(F)(F)F)c2)C1. The Hall–Kier alpha value is -1.72. The van der Waals surface area contributed by atoms with Gasteiger partial charge < -0.3 is 10.0 Å². The van der Waals surface area contributed by atoms with Crippen molar-refractivity contribution in [2.75, 3.05) is 18.0 Å². The molecule has 1 aromatic carbocycles. The minimum atomic E-state index is -4.54. The third-order valence-electron chi connectivity index (χ3n) is 3.71. The highest BCUT2D eigenvalue weighted by Crippen LogP contribution is 2.36. The molecule has 1 N–H and O–H groups in total. The molecule has 0 amide bonds. The Morgan fingerprint density at radius 2 is 1.90 bits per heavy atom. The Morgan fingerprint density at radius 3 is 2.35 bits per heavy atom. The van der Waals surface area contributed by atoms with Crippen LogP contribution in [0, 0.1) is 11.8 Å². The van der Waals surface area contributed by atoms with E-state index in [4.69, 9.17) is 5.11 Å². The van der Waals surface area contributed by atoms with Crippen LogP contribution in [0.25, 0.3) is 0 Å². The molecule has 2 rings (SSSR count). The molecule has 110 valence electrons. The molecule has 0 aliphatic carbocycles. The number of rotatable bonds is 3. The standard InChI is InChI=1S/C14H16F3NO2/c1-8(2)10-6-18(7-10)12-4-9(13(19)20)3-11(5-12)14(15,16)17/h3-5,8,10H,6-7H2,1-2H3,(H,19,20). The third kappa shape index (κ3) is 2.89. The fourth-order valence-corrected chi connectivity index (χ4v) is 2.23. The van der Waals surface area contributed by atoms with Crippen LogP contribution in [0.1, 0.15) is 29.8 Å². The zero-order valence-corrected chi connectivity index (χ0v) is 11.2. The quantitative estimate of drug-likeness (QED) is 0.925. The van der Waals surface area contributed by atoms with Crippen molar-refractivity contribution in [3.8, 4) is 0 Å². The van der Waals surface area contributed by atoms with E-state index in [0.29, 0.717) is 36.7 Å². The van der Waals surface area contributed by atoms with E-state index in [0.717, 1.165) is 6.07 Å². The smallest absolute Gasteiger partial charge is 0.416 e. The molecule has 0 radical (unpaired) electrons. The van der Waals surface area contributed by atoms with E-state index in [9.17, 15) is 18.0 Å². The van der Waals surface area contributed by atoms with E-state index >= 15 is 0 Å². The minimum absolute atomic E-state index is 0.328. The summed E-state index contributed by atoms with van der Waals surface area (Å²) in [6, 6.07) is 2.99. The van der Waals surface area contributed by atoms with Gasteiger partial charge in [-0.1, -0.05) is 13.8 Å². The van der Waals surface area contributed by atoms with E-state index in [1.54, 1.807) is 4.90 Å². The number of nitrogens with zero attached hydrogens (tertiary/aromatic N) is 1. The molecule has 0 saturated carbocycles. The van der Waals surface area contributed by atoms with Gasteiger partial charge in [-0.25, -0.2) is 4.79 Å². The van der Waals surface area contributed by atoms with Crippen LogP contribution in [0.15, 0.2) is 18.2 Å². The van der Waals surface area contributed by atoms with Gasteiger partial charge in [-0.15, -0.1) is 0 Å². The number of halogens is 3. The minimum Gasteiger partial charge on any atom is -0.478 e. The zero-order chi connectivity index (χ0) is 15.1. The van der Waals surface area contributed by atoms with Crippen LogP contribution >= 0.6 is 0 Å². The second-order valence-corrected chi connectivity index (χ2v) is 5.48. The molecule has 6 heteroatoms. The van der Waals surface area contributed by atoms with Gasteiger partial charge in [0.25, 0.3) is 0 Å². The van der Waals surface area contributed by atoms with E-state index in [1.165, 1.54) is 6.07 Å². The van der Waals surface area contributed by atoms with Crippen molar-refractivity contribution < 1.29 is 23.1 Å². The van der Waals surface area contributed by atoms with Gasteiger partial charge in [0.15, 0.2) is 0 Å². The molecule has 1 fully saturated rings. The Morgan fingerprint density at radius 1 is 1.30 bits per heavy atom. The highest BCUT2D eigenvalue weighted by atomic mass is 19.4. The molecule has 1 saturated heterocycles. The number of carboxylic acid groups (broad SMARTS) is 1. The number of hydrogen-bond acceptors (Lipinski definition) is 2. The molecule has 0 aromatic heterocycles. The highest BCUT2D eigenvalue weighted by Gasteiger charge is 2.34. The Bertz CT molecular complexity index is 520. The van der Waals surface area contributed by atoms with Crippen molar-refractivity contribution in [1.82, 2.24) is 0 Å². The number of aromatic carboxylic acids is 1. The lowest BCUT2D eigenvalue weighted by molar-refractivity contribution is -0.137. The average molecular weight is 287 g/mol. The number of benzene rings is 1. The van der Waals surface area contributed by atoms with Crippen molar-refractivity contribution >= 4 is 11.7 Å². The molecule has 1 aliphatic rings. The Labute approximate surface area is 115 Å². The molecule has 0 atom stereocenters. The monoisotopic (exact) mass is 287 g/mol. The predicted molar refractivity (Wildman–Crippen MR) is 68.9 cm³/mol. The second-order valence-electron chi connectivity index (χ2n) is 5.48. The summed E-state index contributed by atoms with van der Waals surface area (Å²) in [5.74, 6) is -0.438. The van der Waals surface area contributed by atoms with Gasteiger partial charge in [0, 0.05) is 18.8 Å². The predicted octanol–water partition coefficient (Wildman–Crippen LogP) is 3.50. The Kier molecular flexibility index (Phi) is 3.67. The first-order valence-corrected chi connectivity index (χ1v) is 6.39. The molecule has 0 spiro atoms. The highest BCUT2D eigenvalue weighted by molar-refractivity contribution is 5.89. The van der Waals surface area contributed by atoms with Crippen LogP contribution in [-0.2, 0) is 6.18 Å². The van der Waals surface area contributed by atoms with E-state index in [2.05, 4.69) is 13.8 Å². The molecule has 1 aliphatic heterocycles. The molecule has 20 heavy (non-hydrogen) atoms. The summed E-state index contributed by atoms with van der Waals surface area (Å²) in [6.07, 6.45) is -4.54. The van der Waals surface area contributed by atoms with Gasteiger partial charge in [0.05, 0.1) is 11.1 Å². The lowest BCUT2D eigenvalue weighted by Crippen LogP contribution is -2.49. The molecule has 3 nitrogen and oxygen atoms in total. The first kappa shape index (κ1) is 14.7. The van der Waals surface area contributed by atoms with E-state index in [-0.39, 0.29) is 5.56 Å². The van der Waals surface area contributed by atoms with Gasteiger partial charge in [0.1, 0.15) is 0 Å². The molecule has 1 heterocycles. The summed E-state index contributed by atoms with van der Waals surface area (Å²) >= 11 is 0. The van der Waals surface area contributed by atoms with Gasteiger partial charge >= 0.3 is 12.1 Å². The largest absolute Gasteiger partial charge is 0.478 e. The first-order chi connectivity index (χ1) is 9.18. The maximum Gasteiger partial charge on any atom is 0.416 e. The number of alkyl halides is 3. The number of carbonyl (C=O) groups is 1. The third-order valence-corrected chi connectivity index (χ3v) is 3.71. The number of carboxylic acids is 1. The van der Waals surface area contributed by atoms with Crippen LogP contribution in [0.2, 0.25) is 0 Å². The average Bonchev–Trinajstić information content (AvgIpc) is 2.24. The van der Waals surface area contributed by atoms with Crippen molar-refractivity contribution in [1.29, 1.82) is 0 Å². The summed E-state index contributed by atoms with van der Waals surface area (Å²) in [5, 5.41) is 8.93. The summed E-state index contributed by atoms with van der Waals surface area (Å²) < 4.78 is 38.4. The zero-order valence-electron chi connectivity index (χ0n) is 11.2. The first-order valence-electron chi connectivity index (χ1n) is 6.39. The second kappa shape index (κ2) is 5.00. The van der Waals surface area contributed by atoms with Crippen molar-refractivity contribution in [3.63, 3.8) is 0 Å². The van der Waals surface area contributed by atoms with Gasteiger partial charge in [-0.2, -0.15) is 13.2 Å². The lowest BCUT2D eigenvalue weighted by atomic mass is 9.88. The fourth-order valence-electron chi connectivity index (χ4n) is 2.23. The van der Waals surface area contributed by atoms with Gasteiger partial charge in [0.2, 0.25) is 0 Å². The van der Waals surface area contributed by atoms with E-state index in [1.807, 2.05) is 0 Å². The van der Waals surface area contributed by atoms with E-state index < -0.39 is 17.7 Å². The summed E-state index contributed by atoms with van der Waals surface area (Å²) in [6.45, 7) is 5.46. The molecule has 1 aromatic rings. The van der Waals surface area contributed by atoms with Crippen LogP contribution < -0.4 is 4.90 Å². The maximum absolute atomic E-state index is 12.8. The van der Waals surface area contributed by atoms with Crippen LogP contribution in [0.5, 0.6) is 0 Å². The normalized spacial score (nSPS) is 16.4. The Balaban J connectivity index is 2.30. The maximum atomic E-state index is 12.8. The van der Waals surface area contributed by atoms with Crippen molar-refractivity contribution in [2.45, 2.75) is 20.0 Å². The van der Waals surface area contributed by atoms with Crippen molar-refractivity contribution in [2.24, 2.45) is 11.8 Å². The molecular weight excluding hydrogens is 271 g/mol. The lowest BCUT2D eigenvalue weighted by Gasteiger charge is -2.43. The van der Waals surface area contributed by atoms with Gasteiger partial charge in [-0.05, 0) is 30.0 Å². The topological polar surface area (TPSA) is 40.5 Å². The van der Waals surface area contributed by atoms with Gasteiger partial charge in [-0.3, -0.25) is 0 Å².